The first kappa shape index (κ1) is 28.7. The fourth-order valence-electron chi connectivity index (χ4n) is 5.61. The van der Waals surface area contributed by atoms with Crippen LogP contribution in [-0.4, -0.2) is 71.3 Å². The maximum Gasteiger partial charge on any atom is 0.387 e. The molecule has 0 atom stereocenters. The molecule has 214 valence electrons. The van der Waals surface area contributed by atoms with E-state index in [4.69, 9.17) is 4.74 Å². The largest absolute Gasteiger partial charge is 0.488 e. The molecule has 0 bridgehead atoms. The lowest BCUT2D eigenvalue weighted by Gasteiger charge is -2.49. The fraction of sp³-hybridized carbons (Fsp3) is 0.593. The average molecular weight is 551 g/mol. The number of alkyl halides is 2. The molecule has 4 rings (SSSR count). The number of piperidine rings is 1. The Labute approximate surface area is 227 Å². The van der Waals surface area contributed by atoms with Gasteiger partial charge in [-0.25, -0.2) is 9.37 Å². The Hall–Kier alpha value is -3.28. The Balaban J connectivity index is 1.48. The van der Waals surface area contributed by atoms with E-state index in [0.29, 0.717) is 25.2 Å². The first-order valence-electron chi connectivity index (χ1n) is 13.1. The van der Waals surface area contributed by atoms with Crippen LogP contribution in [0.4, 0.5) is 30.6 Å². The minimum atomic E-state index is -3.07. The van der Waals surface area contributed by atoms with Gasteiger partial charge in [0.25, 0.3) is 0 Å². The zero-order chi connectivity index (χ0) is 28.4. The molecule has 1 aromatic carbocycles. The van der Waals surface area contributed by atoms with Crippen molar-refractivity contribution in [1.82, 2.24) is 20.2 Å². The molecule has 2 N–H and O–H groups in total. The molecule has 9 nitrogen and oxygen atoms in total. The lowest BCUT2D eigenvalue weighted by Crippen LogP contribution is -2.62. The number of carbonyl (C=O) groups is 1. The number of benzene rings is 1. The van der Waals surface area contributed by atoms with Gasteiger partial charge in [-0.15, -0.1) is 0 Å². The van der Waals surface area contributed by atoms with Gasteiger partial charge in [0, 0.05) is 48.9 Å². The van der Waals surface area contributed by atoms with Crippen LogP contribution < -0.4 is 25.0 Å². The standard InChI is InChI=1S/C27H37F3N6O3/c1-26(2)14-18(15-27(3,4)34-26)35(5)23-19(28)16-31-25(33-23)32-17-8-9-20(21(13-17)39-24(29)30)38-12-11-36-10-6-7-22(36)37/h8-9,13,16,18,24,34H,6-7,10-12,14-15H2,1-5H3,(H,31,32,33). The highest BCUT2D eigenvalue weighted by molar-refractivity contribution is 5.78. The van der Waals surface area contributed by atoms with Crippen LogP contribution >= 0.6 is 0 Å². The topological polar surface area (TPSA) is 91.9 Å². The van der Waals surface area contributed by atoms with Gasteiger partial charge in [-0.3, -0.25) is 4.79 Å². The number of likely N-dealkylation sites (tertiary alicyclic amines) is 1. The third kappa shape index (κ3) is 7.43. The van der Waals surface area contributed by atoms with Gasteiger partial charge in [0.15, 0.2) is 23.1 Å². The van der Waals surface area contributed by atoms with Crippen LogP contribution in [0.1, 0.15) is 53.4 Å². The predicted octanol–water partition coefficient (Wildman–Crippen LogP) is 4.71. The third-order valence-electron chi connectivity index (χ3n) is 6.98. The molecule has 0 radical (unpaired) electrons. The number of halogens is 3. The summed E-state index contributed by atoms with van der Waals surface area (Å²) in [7, 11) is 1.81. The van der Waals surface area contributed by atoms with Crippen LogP contribution in [0, 0.1) is 5.82 Å². The molecular weight excluding hydrogens is 513 g/mol. The van der Waals surface area contributed by atoms with Gasteiger partial charge < -0.3 is 29.9 Å². The molecule has 2 aliphatic rings. The molecule has 2 saturated heterocycles. The molecule has 2 fully saturated rings. The van der Waals surface area contributed by atoms with Crippen molar-refractivity contribution in [3.8, 4) is 11.5 Å². The second kappa shape index (κ2) is 11.4. The van der Waals surface area contributed by atoms with Gasteiger partial charge >= 0.3 is 6.61 Å². The lowest BCUT2D eigenvalue weighted by atomic mass is 9.79. The fourth-order valence-corrected chi connectivity index (χ4v) is 5.61. The molecule has 39 heavy (non-hydrogen) atoms. The van der Waals surface area contributed by atoms with Crippen LogP contribution in [0.5, 0.6) is 11.5 Å². The van der Waals surface area contributed by atoms with Gasteiger partial charge in [-0.05, 0) is 59.1 Å². The average Bonchev–Trinajstić information content (AvgIpc) is 3.23. The minimum absolute atomic E-state index is 0.0341. The Morgan fingerprint density at radius 1 is 1.21 bits per heavy atom. The van der Waals surface area contributed by atoms with Crippen LogP contribution in [0.25, 0.3) is 0 Å². The smallest absolute Gasteiger partial charge is 0.387 e. The van der Waals surface area contributed by atoms with Gasteiger partial charge in [-0.2, -0.15) is 13.8 Å². The molecule has 1 aromatic heterocycles. The van der Waals surface area contributed by atoms with Gasteiger partial charge in [0.05, 0.1) is 12.7 Å². The molecule has 2 aliphatic heterocycles. The monoisotopic (exact) mass is 550 g/mol. The number of nitrogens with one attached hydrogen (secondary N) is 2. The highest BCUT2D eigenvalue weighted by Crippen LogP contribution is 2.35. The molecule has 0 spiro atoms. The summed E-state index contributed by atoms with van der Waals surface area (Å²) in [5, 5.41) is 6.57. The van der Waals surface area contributed by atoms with Crippen molar-refractivity contribution >= 4 is 23.4 Å². The number of hydrogen-bond acceptors (Lipinski definition) is 8. The zero-order valence-corrected chi connectivity index (χ0v) is 23.1. The van der Waals surface area contributed by atoms with E-state index in [9.17, 15) is 18.0 Å². The molecular formula is C27H37F3N6O3. The van der Waals surface area contributed by atoms with Gasteiger partial charge in [0.2, 0.25) is 11.9 Å². The van der Waals surface area contributed by atoms with E-state index in [1.165, 1.54) is 12.1 Å². The van der Waals surface area contributed by atoms with Crippen molar-refractivity contribution in [2.75, 3.05) is 37.0 Å². The first-order valence-corrected chi connectivity index (χ1v) is 13.1. The molecule has 2 aromatic rings. The zero-order valence-electron chi connectivity index (χ0n) is 23.1. The summed E-state index contributed by atoms with van der Waals surface area (Å²) in [5.74, 6) is -0.315. The van der Waals surface area contributed by atoms with Gasteiger partial charge in [0.1, 0.15) is 6.61 Å². The van der Waals surface area contributed by atoms with Gasteiger partial charge in [-0.1, -0.05) is 0 Å². The highest BCUT2D eigenvalue weighted by atomic mass is 19.3. The minimum Gasteiger partial charge on any atom is -0.488 e. The molecule has 0 saturated carbocycles. The van der Waals surface area contributed by atoms with E-state index in [2.05, 4.69) is 53.0 Å². The Morgan fingerprint density at radius 3 is 2.56 bits per heavy atom. The predicted molar refractivity (Wildman–Crippen MR) is 142 cm³/mol. The molecule has 0 unspecified atom stereocenters. The third-order valence-corrected chi connectivity index (χ3v) is 6.98. The summed E-state index contributed by atoms with van der Waals surface area (Å²) in [4.78, 5) is 23.7. The summed E-state index contributed by atoms with van der Waals surface area (Å²) in [6, 6.07) is 4.47. The highest BCUT2D eigenvalue weighted by Gasteiger charge is 2.40. The number of carbonyl (C=O) groups excluding carboxylic acids is 1. The summed E-state index contributed by atoms with van der Waals surface area (Å²) < 4.78 is 51.4. The molecule has 3 heterocycles. The SMILES string of the molecule is CN(c1nc(Nc2ccc(OCCN3CCCC3=O)c(OC(F)F)c2)ncc1F)C1CC(C)(C)NC(C)(C)C1. The van der Waals surface area contributed by atoms with Crippen molar-refractivity contribution in [3.63, 3.8) is 0 Å². The maximum atomic E-state index is 14.9. The number of aromatic nitrogens is 2. The van der Waals surface area contributed by atoms with Crippen LogP contribution in [-0.2, 0) is 4.79 Å². The van der Waals surface area contributed by atoms with Crippen molar-refractivity contribution in [2.24, 2.45) is 0 Å². The second-order valence-corrected chi connectivity index (χ2v) is 11.4. The van der Waals surface area contributed by atoms with Crippen LogP contribution in [0.2, 0.25) is 0 Å². The Kier molecular flexibility index (Phi) is 8.43. The number of ether oxygens (including phenoxy) is 2. The van der Waals surface area contributed by atoms with E-state index >= 15 is 0 Å². The van der Waals surface area contributed by atoms with E-state index < -0.39 is 12.4 Å². The van der Waals surface area contributed by atoms with Crippen molar-refractivity contribution in [3.05, 3.63) is 30.2 Å². The van der Waals surface area contributed by atoms with Crippen LogP contribution in [0.3, 0.4) is 0 Å². The number of anilines is 3. The molecule has 12 heteroatoms. The van der Waals surface area contributed by atoms with E-state index in [1.807, 2.05) is 11.9 Å². The maximum absolute atomic E-state index is 14.9. The molecule has 1 amide bonds. The normalized spacial score (nSPS) is 18.9. The van der Waals surface area contributed by atoms with Crippen LogP contribution in [0.15, 0.2) is 24.4 Å². The number of rotatable bonds is 10. The van der Waals surface area contributed by atoms with Crippen molar-refractivity contribution < 1.29 is 27.4 Å². The first-order chi connectivity index (χ1) is 18.3. The quantitative estimate of drug-likeness (QED) is 0.440. The second-order valence-electron chi connectivity index (χ2n) is 11.4. The summed E-state index contributed by atoms with van der Waals surface area (Å²) in [6.45, 7) is 6.58. The summed E-state index contributed by atoms with van der Waals surface area (Å²) >= 11 is 0. The van der Waals surface area contributed by atoms with E-state index in [1.54, 1.807) is 11.0 Å². The number of amides is 1. The number of hydrogen-bond donors (Lipinski definition) is 2. The Bertz CT molecular complexity index is 1160. The van der Waals surface area contributed by atoms with E-state index in [0.717, 1.165) is 25.5 Å². The van der Waals surface area contributed by atoms with Crippen molar-refractivity contribution in [1.29, 1.82) is 0 Å². The number of nitrogens with zero attached hydrogens (tertiary/aromatic N) is 4. The summed E-state index contributed by atoms with van der Waals surface area (Å²) in [5.41, 5.74) is 0.0810. The van der Waals surface area contributed by atoms with Crippen molar-refractivity contribution in [2.45, 2.75) is 77.1 Å². The summed E-state index contributed by atoms with van der Waals surface area (Å²) in [6.07, 6.45) is 3.99. The molecule has 0 aliphatic carbocycles. The van der Waals surface area contributed by atoms with E-state index in [-0.39, 0.29) is 52.9 Å². The lowest BCUT2D eigenvalue weighted by molar-refractivity contribution is -0.128. The Morgan fingerprint density at radius 2 is 1.92 bits per heavy atom.